The molecule has 3 aliphatic rings. The number of hydrogen-bond donors (Lipinski definition) is 0. The van der Waals surface area contributed by atoms with Crippen LogP contribution in [-0.4, -0.2) is 70.0 Å². The van der Waals surface area contributed by atoms with Gasteiger partial charge < -0.3 is 13.5 Å². The summed E-state index contributed by atoms with van der Waals surface area (Å²) < 4.78 is 164. The summed E-state index contributed by atoms with van der Waals surface area (Å²) in [5.74, 6) is -15.9. The Bertz CT molecular complexity index is 7380. The second-order valence-electron chi connectivity index (χ2n) is 33.7. The Morgan fingerprint density at radius 3 is 1.03 bits per heavy atom. The van der Waals surface area contributed by atoms with Crippen molar-refractivity contribution in [2.24, 2.45) is 0 Å². The number of fused-ring (bicyclic) bond motifs is 8. The third-order valence-corrected chi connectivity index (χ3v) is 26.8. The summed E-state index contributed by atoms with van der Waals surface area (Å²) in [6.45, 7) is 8.29. The van der Waals surface area contributed by atoms with Crippen LogP contribution in [0.2, 0.25) is 0 Å². The van der Waals surface area contributed by atoms with Crippen LogP contribution in [0.4, 0.5) is 39.5 Å². The van der Waals surface area contributed by atoms with Crippen LogP contribution in [0.15, 0.2) is 413 Å². The Morgan fingerprint density at radius 2 is 0.621 bits per heavy atom. The van der Waals surface area contributed by atoms with Crippen LogP contribution in [0.5, 0.6) is 5.75 Å². The normalized spacial score (nSPS) is 14.5. The van der Waals surface area contributed by atoms with Gasteiger partial charge in [0.05, 0.1) is 55.8 Å². The lowest BCUT2D eigenvalue weighted by Crippen LogP contribution is -2.63. The lowest BCUT2D eigenvalue weighted by molar-refractivity contribution is -0.382. The summed E-state index contributed by atoms with van der Waals surface area (Å²) in [4.78, 5) is 18.9. The maximum Gasteiger partial charge on any atom is 0.494 e. The first-order chi connectivity index (χ1) is 63.6. The first-order valence-electron chi connectivity index (χ1n) is 42.8. The summed E-state index contributed by atoms with van der Waals surface area (Å²) in [7, 11) is -7.54. The van der Waals surface area contributed by atoms with Gasteiger partial charge in [-0.1, -0.05) is 334 Å². The van der Waals surface area contributed by atoms with E-state index in [1.54, 1.807) is 18.3 Å². The molecule has 0 radical (unpaired) electrons. The van der Waals surface area contributed by atoms with E-state index < -0.39 is 50.0 Å². The van der Waals surface area contributed by atoms with Crippen molar-refractivity contribution < 1.29 is 61.4 Å². The molecular weight excluding hydrogens is 1700 g/mol. The topological polar surface area (TPSA) is 113 Å². The molecule has 20 heteroatoms. The molecule has 18 aromatic rings. The van der Waals surface area contributed by atoms with E-state index in [9.17, 15) is 47.9 Å². The molecule has 9 nitrogen and oxygen atoms in total. The van der Waals surface area contributed by atoms with Crippen LogP contribution in [-0.2, 0) is 30.3 Å². The fourth-order valence-corrected chi connectivity index (χ4v) is 19.4. The van der Waals surface area contributed by atoms with Crippen LogP contribution in [0.1, 0.15) is 72.2 Å². The largest absolute Gasteiger partial charge is 0.494 e. The van der Waals surface area contributed by atoms with Crippen molar-refractivity contribution in [1.29, 1.82) is 0 Å². The van der Waals surface area contributed by atoms with Gasteiger partial charge >= 0.3 is 40.5 Å². The lowest BCUT2D eigenvalue weighted by atomic mass is 9.67. The Morgan fingerprint density at radius 1 is 0.295 bits per heavy atom. The molecule has 14 aromatic carbocycles. The third kappa shape index (κ3) is 15.0. The molecule has 4 aromatic heterocycles. The highest BCUT2D eigenvalue weighted by Gasteiger charge is 2.86. The van der Waals surface area contributed by atoms with E-state index in [2.05, 4.69) is 254 Å². The second-order valence-corrected chi connectivity index (χ2v) is 35.3. The van der Waals surface area contributed by atoms with E-state index >= 15 is 0 Å². The number of hydrogen-bond acceptors (Lipinski definition) is 9. The maximum atomic E-state index is 14.6. The van der Waals surface area contributed by atoms with Gasteiger partial charge in [-0.05, 0) is 217 Å². The van der Waals surface area contributed by atoms with Crippen molar-refractivity contribution in [3.63, 3.8) is 0 Å². The molecule has 650 valence electrons. The molecule has 132 heavy (non-hydrogen) atoms. The highest BCUT2D eigenvalue weighted by Crippen LogP contribution is 2.61. The van der Waals surface area contributed by atoms with Gasteiger partial charge in [0.25, 0.3) is 0 Å². The predicted octanol–water partition coefficient (Wildman–Crippen LogP) is 27.8. The van der Waals surface area contributed by atoms with Gasteiger partial charge in [0.1, 0.15) is 0 Å². The number of para-hydroxylation sites is 3. The van der Waals surface area contributed by atoms with Crippen molar-refractivity contribution in [3.05, 3.63) is 457 Å². The van der Waals surface area contributed by atoms with E-state index in [4.69, 9.17) is 19.3 Å². The molecule has 0 bridgehead atoms. The zero-order chi connectivity index (χ0) is 91.6. The summed E-state index contributed by atoms with van der Waals surface area (Å²) in [5, 5.41) is -4.77. The summed E-state index contributed by atoms with van der Waals surface area (Å²) in [6.07, 6.45) is -3.59. The van der Waals surface area contributed by atoms with Gasteiger partial charge in [0.15, 0.2) is 5.75 Å². The molecular formula is C112H80BF9N4O5S. The molecule has 2 aliphatic carbocycles. The minimum atomic E-state index is -7.43. The van der Waals surface area contributed by atoms with Crippen LogP contribution in [0, 0.1) is 0 Å². The van der Waals surface area contributed by atoms with Crippen molar-refractivity contribution in [2.75, 3.05) is 0 Å². The first-order valence-corrected chi connectivity index (χ1v) is 44.3. The second kappa shape index (κ2) is 34.0. The monoisotopic (exact) mass is 1770 g/mol. The zero-order valence-corrected chi connectivity index (χ0v) is 72.3. The van der Waals surface area contributed by atoms with Crippen molar-refractivity contribution in [3.8, 4) is 106 Å². The number of nitrogens with zero attached hydrogens (tertiary/aromatic N) is 4. The summed E-state index contributed by atoms with van der Waals surface area (Å²) in [5.41, 5.74) is 26.1. The average molecular weight is 1780 g/mol. The highest BCUT2D eigenvalue weighted by atomic mass is 32.2. The van der Waals surface area contributed by atoms with Crippen molar-refractivity contribution in [1.82, 2.24) is 19.9 Å². The molecule has 5 heterocycles. The van der Waals surface area contributed by atoms with Gasteiger partial charge in [-0.25, -0.2) is 9.97 Å². The quantitative estimate of drug-likeness (QED) is 0.0499. The van der Waals surface area contributed by atoms with Gasteiger partial charge in [0.2, 0.25) is 0 Å². The number of aromatic nitrogens is 4. The molecule has 1 fully saturated rings. The van der Waals surface area contributed by atoms with Gasteiger partial charge in [0, 0.05) is 28.7 Å². The van der Waals surface area contributed by atoms with E-state index in [1.807, 2.05) is 152 Å². The number of alkyl halides is 9. The lowest BCUT2D eigenvalue weighted by Gasteiger charge is -2.34. The Hall–Kier alpha value is -14.7. The van der Waals surface area contributed by atoms with E-state index in [0.717, 1.165) is 112 Å². The molecule has 0 saturated carbocycles. The molecule has 0 atom stereocenters. The van der Waals surface area contributed by atoms with Crippen molar-refractivity contribution >= 4 is 44.5 Å². The van der Waals surface area contributed by atoms with Crippen molar-refractivity contribution in [2.45, 2.75) is 73.0 Å². The van der Waals surface area contributed by atoms with Crippen LogP contribution in [0.3, 0.4) is 0 Å². The SMILES string of the molecule is CC1(C)OB(c2ccc(-c3cc(-c4ccccn4)nc4ccccc34)cc2)OC1(C)C.O=S(=O)(Oc1ccccc1-c1ccc2c(c1)C(c1ccccc1)(c1ccccc1)c1ccccc1-2)C(F)(F)C(F)(F)C(F)(F)C(F)(F)F.c1ccc(C2(c3ccccc3)c3ccccc3-c3ccc(-c4ccccc4-c4ccc(-c5cc(-c6ccccn6)nc6ccccc56)cc4)cc32)cc1. The van der Waals surface area contributed by atoms with E-state index in [1.165, 1.54) is 73.8 Å². The predicted molar refractivity (Wildman–Crippen MR) is 504 cm³/mol. The van der Waals surface area contributed by atoms with Crippen LogP contribution in [0.25, 0.3) is 122 Å². The van der Waals surface area contributed by atoms with Crippen LogP contribution >= 0.6 is 0 Å². The van der Waals surface area contributed by atoms with E-state index in [-0.39, 0.29) is 29.4 Å². The molecule has 0 N–H and O–H groups in total. The highest BCUT2D eigenvalue weighted by molar-refractivity contribution is 7.88. The average Bonchev–Trinajstić information content (AvgIpc) is 1.54. The molecule has 1 saturated heterocycles. The van der Waals surface area contributed by atoms with Gasteiger partial charge in [-0.15, -0.1) is 0 Å². The minimum absolute atomic E-state index is 0.138. The Kier molecular flexibility index (Phi) is 22.3. The fraction of sp³-hybridized carbons (Fsp3) is 0.107. The maximum absolute atomic E-state index is 14.6. The Balaban J connectivity index is 0.000000132. The van der Waals surface area contributed by atoms with E-state index in [0.29, 0.717) is 5.56 Å². The van der Waals surface area contributed by atoms with Gasteiger partial charge in [-0.3, -0.25) is 9.97 Å². The molecule has 0 unspecified atom stereocenters. The fourth-order valence-electron chi connectivity index (χ4n) is 18.4. The van der Waals surface area contributed by atoms with Gasteiger partial charge in [-0.2, -0.15) is 47.9 Å². The summed E-state index contributed by atoms with van der Waals surface area (Å²) in [6, 6.07) is 132. The Labute approximate surface area is 757 Å². The number of benzene rings is 14. The first kappa shape index (κ1) is 86.7. The molecule has 21 rings (SSSR count). The summed E-state index contributed by atoms with van der Waals surface area (Å²) >= 11 is 0. The standard InChI is InChI=1S/C51H34N2.C35H21F9O3S.C26H25BN2O2/c1-3-15-38(16-4-1)51(39-17-5-2-6-18-39)46-23-11-9-21-42(46)43-31-30-37(33-47(43)51)41-20-8-7-19-40(41)35-26-28-36(29-27-35)45-34-50(49-25-13-14-32-52-49)53-48-24-12-10-22-44(45)48;36-32(37,34(40,41)42)33(38,39)35(43,44)48(45,46)47-30-18-10-8-15-25(30)22-19-20-27-26-16-7-9-17-28(26)31(29(27)21-22,23-11-3-1-4-12-23)24-13-5-2-6-14-24;1-25(2)26(3,4)31-27(30-25)19-14-12-18(13-15-19)21-17-24(23-11-7-8-16-28-23)29-22-10-6-5-9-20(21)22/h1-34H;1-21H;5-17H,1-4H3. The number of pyridine rings is 4. The van der Waals surface area contributed by atoms with Crippen LogP contribution < -0.4 is 9.65 Å². The smallest absolute Gasteiger partial charge is 0.399 e. The molecule has 0 spiro atoms. The minimum Gasteiger partial charge on any atom is -0.399 e. The zero-order valence-electron chi connectivity index (χ0n) is 71.5. The third-order valence-electron chi connectivity index (χ3n) is 25.5. The number of rotatable bonds is 17. The molecule has 0 amide bonds. The number of halogens is 9. The molecule has 1 aliphatic heterocycles.